The van der Waals surface area contributed by atoms with Crippen molar-refractivity contribution in [3.05, 3.63) is 110 Å². The highest BCUT2D eigenvalue weighted by atomic mass is 16.5. The molecule has 242 valence electrons. The molecule has 1 aliphatic heterocycles. The third-order valence-corrected chi connectivity index (χ3v) is 8.31. The summed E-state index contributed by atoms with van der Waals surface area (Å²) in [6, 6.07) is 19.9. The lowest BCUT2D eigenvalue weighted by molar-refractivity contribution is 0.0939. The van der Waals surface area contributed by atoms with Crippen molar-refractivity contribution in [1.82, 2.24) is 29.4 Å². The van der Waals surface area contributed by atoms with Gasteiger partial charge in [-0.15, -0.1) is 0 Å². The Hall–Kier alpha value is -5.65. The number of hydrogen-bond acceptors (Lipinski definition) is 8. The molecule has 5 aromatic rings. The molecular weight excluding hydrogens is 598 g/mol. The summed E-state index contributed by atoms with van der Waals surface area (Å²) in [6.45, 7) is 7.13. The molecule has 1 aliphatic rings. The van der Waals surface area contributed by atoms with Crippen molar-refractivity contribution < 1.29 is 19.4 Å². The minimum absolute atomic E-state index is 0.0642. The number of rotatable bonds is 9. The first-order valence-corrected chi connectivity index (χ1v) is 15.4. The second-order valence-electron chi connectivity index (χ2n) is 11.7. The molecule has 0 fully saturated rings. The number of hydrogen-bond donors (Lipinski definition) is 2. The first-order valence-electron chi connectivity index (χ1n) is 15.4. The summed E-state index contributed by atoms with van der Waals surface area (Å²) in [5, 5.41) is 19.9. The van der Waals surface area contributed by atoms with Crippen LogP contribution in [-0.2, 0) is 33.2 Å². The van der Waals surface area contributed by atoms with E-state index < -0.39 is 11.8 Å². The molecule has 47 heavy (non-hydrogen) atoms. The van der Waals surface area contributed by atoms with E-state index in [9.17, 15) is 14.7 Å². The number of nitrogens with one attached hydrogen (secondary N) is 1. The number of amides is 1. The molecule has 0 saturated heterocycles. The van der Waals surface area contributed by atoms with Crippen LogP contribution in [0, 0.1) is 20.8 Å². The second kappa shape index (κ2) is 13.0. The van der Waals surface area contributed by atoms with Crippen LogP contribution in [0.1, 0.15) is 38.3 Å². The van der Waals surface area contributed by atoms with E-state index in [1.165, 1.54) is 11.7 Å². The van der Waals surface area contributed by atoms with E-state index in [-0.39, 0.29) is 24.5 Å². The summed E-state index contributed by atoms with van der Waals surface area (Å²) in [5.41, 5.74) is 7.68. The number of aryl methyl sites for hydroxylation is 5. The minimum Gasteiger partial charge on any atom is -0.493 e. The van der Waals surface area contributed by atoms with E-state index in [0.29, 0.717) is 36.6 Å². The molecule has 2 N–H and O–H groups in total. The van der Waals surface area contributed by atoms with Gasteiger partial charge < -0.3 is 19.9 Å². The highest BCUT2D eigenvalue weighted by molar-refractivity contribution is 5.94. The third kappa shape index (κ3) is 6.26. The molecule has 6 rings (SSSR count). The van der Waals surface area contributed by atoms with E-state index in [2.05, 4.69) is 27.8 Å². The summed E-state index contributed by atoms with van der Waals surface area (Å²) in [5.74, 6) is 0.189. The molecule has 3 heterocycles. The monoisotopic (exact) mass is 635 g/mol. The van der Waals surface area contributed by atoms with E-state index in [4.69, 9.17) is 14.5 Å². The van der Waals surface area contributed by atoms with Crippen LogP contribution < -0.4 is 26.0 Å². The number of aromatic hydroxyl groups is 1. The number of methoxy groups -OCH3 is 1. The van der Waals surface area contributed by atoms with Gasteiger partial charge in [-0.2, -0.15) is 0 Å². The summed E-state index contributed by atoms with van der Waals surface area (Å²) < 4.78 is 16.4. The van der Waals surface area contributed by atoms with Crippen molar-refractivity contribution in [1.29, 1.82) is 0 Å². The Bertz CT molecular complexity index is 2070. The molecular formula is C35H37N7O5. The van der Waals surface area contributed by atoms with Crippen LogP contribution in [0.25, 0.3) is 11.3 Å². The van der Waals surface area contributed by atoms with Crippen LogP contribution in [-0.4, -0.2) is 48.8 Å². The van der Waals surface area contributed by atoms with E-state index in [1.54, 1.807) is 16.2 Å². The van der Waals surface area contributed by atoms with Crippen molar-refractivity contribution >= 4 is 11.6 Å². The molecule has 3 aromatic carbocycles. The highest BCUT2D eigenvalue weighted by Crippen LogP contribution is 2.38. The molecule has 0 saturated carbocycles. The van der Waals surface area contributed by atoms with Gasteiger partial charge in [-0.05, 0) is 61.6 Å². The van der Waals surface area contributed by atoms with Gasteiger partial charge in [0, 0.05) is 38.3 Å². The predicted octanol–water partition coefficient (Wildman–Crippen LogP) is 3.88. The standard InChI is InChI=1S/C35H37N7O5/c1-21-15-22(2)31(23(3)16-21)37-30-19-27-26-18-28(46-5)29(47-20-24-9-7-6-8-10-24)17-25(26)11-13-41(27)35(45)42(30)14-12-36-33(43)32-34(44)38-39-40(32)4/h6-10,15-19,44H,11-14,20H2,1-5H3,(H,36,43). The number of nitrogens with zero attached hydrogens (tertiary/aromatic N) is 6. The van der Waals surface area contributed by atoms with Gasteiger partial charge in [0.2, 0.25) is 0 Å². The maximum Gasteiger partial charge on any atom is 0.330 e. The molecule has 12 nitrogen and oxygen atoms in total. The largest absolute Gasteiger partial charge is 0.493 e. The van der Waals surface area contributed by atoms with Gasteiger partial charge in [0.05, 0.1) is 18.5 Å². The van der Waals surface area contributed by atoms with Crippen LogP contribution in [0.5, 0.6) is 17.4 Å². The van der Waals surface area contributed by atoms with Gasteiger partial charge in [-0.3, -0.25) is 13.9 Å². The van der Waals surface area contributed by atoms with Gasteiger partial charge in [0.25, 0.3) is 11.8 Å². The van der Waals surface area contributed by atoms with Gasteiger partial charge in [-0.25, -0.2) is 14.5 Å². The van der Waals surface area contributed by atoms with Crippen LogP contribution in [0.4, 0.5) is 5.69 Å². The summed E-state index contributed by atoms with van der Waals surface area (Å²) in [4.78, 5) is 32.0. The molecule has 0 radical (unpaired) electrons. The van der Waals surface area contributed by atoms with E-state index >= 15 is 0 Å². The van der Waals surface area contributed by atoms with Gasteiger partial charge in [-0.1, -0.05) is 58.3 Å². The Labute approximate surface area is 271 Å². The summed E-state index contributed by atoms with van der Waals surface area (Å²) in [6.07, 6.45) is 0.615. The summed E-state index contributed by atoms with van der Waals surface area (Å²) >= 11 is 0. The first kappa shape index (κ1) is 31.3. The quantitative estimate of drug-likeness (QED) is 0.251. The van der Waals surface area contributed by atoms with Crippen LogP contribution >= 0.6 is 0 Å². The minimum atomic E-state index is -0.552. The van der Waals surface area contributed by atoms with Gasteiger partial charge in [0.1, 0.15) is 12.1 Å². The number of fused-ring (bicyclic) bond motifs is 3. The molecule has 0 atom stereocenters. The number of ether oxygens (including phenoxy) is 2. The maximum atomic E-state index is 14.2. The number of benzene rings is 3. The highest BCUT2D eigenvalue weighted by Gasteiger charge is 2.23. The van der Waals surface area contributed by atoms with Crippen LogP contribution in [0.15, 0.2) is 70.5 Å². The topological polar surface area (TPSA) is 138 Å². The Morgan fingerprint density at radius 1 is 1.04 bits per heavy atom. The average molecular weight is 636 g/mol. The first-order chi connectivity index (χ1) is 22.6. The fourth-order valence-corrected chi connectivity index (χ4v) is 6.08. The third-order valence-electron chi connectivity index (χ3n) is 8.31. The van der Waals surface area contributed by atoms with Crippen molar-refractivity contribution in [2.75, 3.05) is 13.7 Å². The molecule has 2 aromatic heterocycles. The second-order valence-corrected chi connectivity index (χ2v) is 11.7. The zero-order valence-electron chi connectivity index (χ0n) is 27.1. The van der Waals surface area contributed by atoms with Crippen molar-refractivity contribution in [2.24, 2.45) is 12.0 Å². The Kier molecular flexibility index (Phi) is 8.66. The normalized spacial score (nSPS) is 12.4. The molecule has 0 bridgehead atoms. The lowest BCUT2D eigenvalue weighted by Gasteiger charge is -2.25. The molecule has 0 spiro atoms. The number of carbonyl (C=O) groups excluding carboxylic acids is 1. The van der Waals surface area contributed by atoms with Crippen molar-refractivity contribution in [3.63, 3.8) is 0 Å². The lowest BCUT2D eigenvalue weighted by atomic mass is 9.97. The predicted molar refractivity (Wildman–Crippen MR) is 176 cm³/mol. The zero-order valence-corrected chi connectivity index (χ0v) is 27.1. The molecule has 0 unspecified atom stereocenters. The average Bonchev–Trinajstić information content (AvgIpc) is 3.40. The Morgan fingerprint density at radius 2 is 1.79 bits per heavy atom. The lowest BCUT2D eigenvalue weighted by Crippen LogP contribution is -2.44. The molecule has 0 aliphatic carbocycles. The maximum absolute atomic E-state index is 14.2. The van der Waals surface area contributed by atoms with Crippen LogP contribution in [0.3, 0.4) is 0 Å². The summed E-state index contributed by atoms with van der Waals surface area (Å²) in [7, 11) is 3.12. The number of carbonyl (C=O) groups is 1. The molecule has 1 amide bonds. The fourth-order valence-electron chi connectivity index (χ4n) is 6.08. The van der Waals surface area contributed by atoms with E-state index in [1.807, 2.05) is 69.3 Å². The Morgan fingerprint density at radius 3 is 2.47 bits per heavy atom. The van der Waals surface area contributed by atoms with Crippen LogP contribution in [0.2, 0.25) is 0 Å². The number of aromatic nitrogens is 5. The smallest absolute Gasteiger partial charge is 0.330 e. The Balaban J connectivity index is 1.41. The van der Waals surface area contributed by atoms with Crippen molar-refractivity contribution in [2.45, 2.75) is 46.9 Å². The molecule has 12 heteroatoms. The van der Waals surface area contributed by atoms with Gasteiger partial charge >= 0.3 is 5.69 Å². The van der Waals surface area contributed by atoms with E-state index in [0.717, 1.165) is 44.8 Å². The fraction of sp³-hybridized carbons (Fsp3) is 0.286. The zero-order chi connectivity index (χ0) is 33.2. The SMILES string of the molecule is COc1cc2c(cc1OCc1ccccc1)CCn1c-2cc(=Nc2c(C)cc(C)cc2C)n(CCNC(=O)c2c(O)nnn2C)c1=O. The van der Waals surface area contributed by atoms with Gasteiger partial charge in [0.15, 0.2) is 17.2 Å². The van der Waals surface area contributed by atoms with Crippen molar-refractivity contribution in [3.8, 4) is 28.6 Å².